The summed E-state index contributed by atoms with van der Waals surface area (Å²) in [5, 5.41) is 6.54. The van der Waals surface area contributed by atoms with Gasteiger partial charge in [0.15, 0.2) is 17.5 Å². The van der Waals surface area contributed by atoms with Crippen molar-refractivity contribution in [3.63, 3.8) is 0 Å². The van der Waals surface area contributed by atoms with Gasteiger partial charge in [-0.05, 0) is 38.2 Å². The zero-order valence-electron chi connectivity index (χ0n) is 19.0. The minimum absolute atomic E-state index is 0. The number of methoxy groups -OCH3 is 1. The zero-order chi connectivity index (χ0) is 22.0. The smallest absolute Gasteiger partial charge is 0.211 e. The van der Waals surface area contributed by atoms with Gasteiger partial charge in [-0.25, -0.2) is 12.7 Å². The molecule has 8 nitrogen and oxygen atoms in total. The Morgan fingerprint density at radius 2 is 1.97 bits per heavy atom. The van der Waals surface area contributed by atoms with Crippen molar-refractivity contribution < 1.29 is 17.9 Å². The Bertz CT molecular complexity index is 799. The average molecular weight is 569 g/mol. The molecule has 1 aromatic carbocycles. The Balaban J connectivity index is 0.00000480. The summed E-state index contributed by atoms with van der Waals surface area (Å²) in [5.74, 6) is 2.19. The Morgan fingerprint density at radius 1 is 1.26 bits per heavy atom. The first-order valence-electron chi connectivity index (χ1n) is 10.6. The molecule has 0 saturated heterocycles. The Labute approximate surface area is 204 Å². The second kappa shape index (κ2) is 14.0. The molecule has 0 radical (unpaired) electrons. The van der Waals surface area contributed by atoms with Gasteiger partial charge in [-0.3, -0.25) is 4.99 Å². The first kappa shape index (κ1) is 27.8. The first-order chi connectivity index (χ1) is 14.4. The lowest BCUT2D eigenvalue weighted by atomic mass is 10.1. The molecule has 0 spiro atoms. The molecule has 2 rings (SSSR count). The number of rotatable bonds is 11. The number of aliphatic imine (C=N–C) groups is 1. The Morgan fingerprint density at radius 3 is 2.55 bits per heavy atom. The van der Waals surface area contributed by atoms with E-state index in [4.69, 9.17) is 9.47 Å². The summed E-state index contributed by atoms with van der Waals surface area (Å²) < 4.78 is 36.6. The van der Waals surface area contributed by atoms with Crippen LogP contribution in [0.15, 0.2) is 23.2 Å². The van der Waals surface area contributed by atoms with Crippen LogP contribution in [0.4, 0.5) is 0 Å². The molecule has 1 fully saturated rings. The molecule has 10 heteroatoms. The van der Waals surface area contributed by atoms with Gasteiger partial charge in [0.2, 0.25) is 10.0 Å². The molecule has 0 aliphatic heterocycles. The van der Waals surface area contributed by atoms with Gasteiger partial charge in [-0.2, -0.15) is 0 Å². The highest BCUT2D eigenvalue weighted by Gasteiger charge is 2.20. The monoisotopic (exact) mass is 568 g/mol. The number of hydrogen-bond acceptors (Lipinski definition) is 5. The summed E-state index contributed by atoms with van der Waals surface area (Å²) in [7, 11) is 0.216. The van der Waals surface area contributed by atoms with Crippen LogP contribution in [0.25, 0.3) is 0 Å². The maximum atomic E-state index is 11.7. The Kier molecular flexibility index (Phi) is 12.5. The van der Waals surface area contributed by atoms with Gasteiger partial charge in [-0.1, -0.05) is 19.1 Å². The molecule has 0 aromatic heterocycles. The molecular weight excluding hydrogens is 531 g/mol. The summed E-state index contributed by atoms with van der Waals surface area (Å²) in [5.41, 5.74) is 1.01. The highest BCUT2D eigenvalue weighted by molar-refractivity contribution is 14.0. The SMILES string of the molecule is CCN(CCCNC(=NC)NCc1cccc(OC)c1OC1CCCC1)S(C)(=O)=O.I. The summed E-state index contributed by atoms with van der Waals surface area (Å²) in [6, 6.07) is 5.90. The zero-order valence-corrected chi connectivity index (χ0v) is 22.2. The van der Waals surface area contributed by atoms with Crippen LogP contribution < -0.4 is 20.1 Å². The fourth-order valence-electron chi connectivity index (χ4n) is 3.59. The molecule has 0 unspecified atom stereocenters. The summed E-state index contributed by atoms with van der Waals surface area (Å²) in [6.45, 7) is 3.97. The van der Waals surface area contributed by atoms with Crippen molar-refractivity contribution in [3.05, 3.63) is 23.8 Å². The maximum absolute atomic E-state index is 11.7. The molecule has 0 bridgehead atoms. The highest BCUT2D eigenvalue weighted by atomic mass is 127. The first-order valence-corrected chi connectivity index (χ1v) is 12.5. The van der Waals surface area contributed by atoms with Crippen molar-refractivity contribution in [2.24, 2.45) is 4.99 Å². The third-order valence-electron chi connectivity index (χ3n) is 5.24. The van der Waals surface area contributed by atoms with E-state index in [1.807, 2.05) is 25.1 Å². The number of para-hydroxylation sites is 1. The summed E-state index contributed by atoms with van der Waals surface area (Å²) in [6.07, 6.45) is 6.75. The van der Waals surface area contributed by atoms with Gasteiger partial charge in [0.05, 0.1) is 19.5 Å². The highest BCUT2D eigenvalue weighted by Crippen LogP contribution is 2.34. The third kappa shape index (κ3) is 9.01. The standard InChI is InChI=1S/C21H36N4O4S.HI/c1-5-25(30(4,26)27)15-9-14-23-21(22-2)24-16-17-10-8-13-19(28-3)20(17)29-18-11-6-7-12-18;/h8,10,13,18H,5-7,9,11-12,14-16H2,1-4H3,(H2,22,23,24);1H. The van der Waals surface area contributed by atoms with E-state index in [1.165, 1.54) is 23.4 Å². The number of nitrogens with zero attached hydrogens (tertiary/aromatic N) is 2. The minimum atomic E-state index is -3.16. The fourth-order valence-corrected chi connectivity index (χ4v) is 4.52. The van der Waals surface area contributed by atoms with Crippen molar-refractivity contribution in [1.29, 1.82) is 0 Å². The van der Waals surface area contributed by atoms with Crippen LogP contribution in [-0.2, 0) is 16.6 Å². The number of nitrogens with one attached hydrogen (secondary N) is 2. The predicted molar refractivity (Wildman–Crippen MR) is 136 cm³/mol. The summed E-state index contributed by atoms with van der Waals surface area (Å²) >= 11 is 0. The van der Waals surface area contributed by atoms with E-state index < -0.39 is 10.0 Å². The quantitative estimate of drug-likeness (QED) is 0.185. The molecule has 1 aliphatic carbocycles. The number of guanidine groups is 1. The molecule has 1 aliphatic rings. The van der Waals surface area contributed by atoms with Gasteiger partial charge in [0.1, 0.15) is 0 Å². The average Bonchev–Trinajstić information content (AvgIpc) is 3.23. The molecule has 31 heavy (non-hydrogen) atoms. The van der Waals surface area contributed by atoms with Crippen LogP contribution in [0.2, 0.25) is 0 Å². The van der Waals surface area contributed by atoms with Crippen LogP contribution in [0.1, 0.15) is 44.6 Å². The predicted octanol–water partition coefficient (Wildman–Crippen LogP) is 2.97. The van der Waals surface area contributed by atoms with Crippen molar-refractivity contribution in [2.75, 3.05) is 40.0 Å². The van der Waals surface area contributed by atoms with Crippen LogP contribution in [0.3, 0.4) is 0 Å². The maximum Gasteiger partial charge on any atom is 0.211 e. The molecule has 178 valence electrons. The lowest BCUT2D eigenvalue weighted by Crippen LogP contribution is -2.39. The van der Waals surface area contributed by atoms with E-state index in [0.29, 0.717) is 38.6 Å². The van der Waals surface area contributed by atoms with E-state index in [0.717, 1.165) is 29.9 Å². The van der Waals surface area contributed by atoms with Crippen LogP contribution >= 0.6 is 24.0 Å². The van der Waals surface area contributed by atoms with Crippen LogP contribution in [0, 0.1) is 0 Å². The molecule has 0 amide bonds. The van der Waals surface area contributed by atoms with Crippen LogP contribution in [-0.4, -0.2) is 64.8 Å². The normalized spacial score (nSPS) is 14.9. The van der Waals surface area contributed by atoms with Gasteiger partial charge in [0.25, 0.3) is 0 Å². The molecule has 1 saturated carbocycles. The lowest BCUT2D eigenvalue weighted by Gasteiger charge is -2.20. The molecule has 1 aromatic rings. The number of benzene rings is 1. The largest absolute Gasteiger partial charge is 0.493 e. The van der Waals surface area contributed by atoms with Gasteiger partial charge >= 0.3 is 0 Å². The lowest BCUT2D eigenvalue weighted by molar-refractivity contribution is 0.198. The minimum Gasteiger partial charge on any atom is -0.493 e. The van der Waals surface area contributed by atoms with Gasteiger partial charge in [0, 0.05) is 38.8 Å². The Hall–Kier alpha value is -1.27. The van der Waals surface area contributed by atoms with E-state index in [2.05, 4.69) is 15.6 Å². The van der Waals surface area contributed by atoms with Crippen molar-refractivity contribution >= 4 is 40.0 Å². The second-order valence-electron chi connectivity index (χ2n) is 7.43. The van der Waals surface area contributed by atoms with E-state index in [-0.39, 0.29) is 30.1 Å². The number of sulfonamides is 1. The molecule has 0 heterocycles. The third-order valence-corrected chi connectivity index (χ3v) is 6.61. The fraction of sp³-hybridized carbons (Fsp3) is 0.667. The molecule has 2 N–H and O–H groups in total. The van der Waals surface area contributed by atoms with E-state index in [9.17, 15) is 8.42 Å². The van der Waals surface area contributed by atoms with Crippen molar-refractivity contribution in [3.8, 4) is 11.5 Å². The van der Waals surface area contributed by atoms with Crippen molar-refractivity contribution in [2.45, 2.75) is 51.7 Å². The van der Waals surface area contributed by atoms with Gasteiger partial charge < -0.3 is 20.1 Å². The number of halogens is 1. The molecule has 0 atom stereocenters. The summed E-state index contributed by atoms with van der Waals surface area (Å²) in [4.78, 5) is 4.25. The van der Waals surface area contributed by atoms with E-state index in [1.54, 1.807) is 14.2 Å². The van der Waals surface area contributed by atoms with Crippen LogP contribution in [0.5, 0.6) is 11.5 Å². The number of ether oxygens (including phenoxy) is 2. The van der Waals surface area contributed by atoms with Gasteiger partial charge in [-0.15, -0.1) is 24.0 Å². The van der Waals surface area contributed by atoms with Crippen molar-refractivity contribution in [1.82, 2.24) is 14.9 Å². The second-order valence-corrected chi connectivity index (χ2v) is 9.42. The van der Waals surface area contributed by atoms with E-state index >= 15 is 0 Å². The number of hydrogen-bond donors (Lipinski definition) is 2. The topological polar surface area (TPSA) is 92.3 Å². The molecular formula is C21H37IN4O4S.